The topological polar surface area (TPSA) is 54.9 Å². The number of fused-ring (bicyclic) bond motifs is 1. The summed E-state index contributed by atoms with van der Waals surface area (Å²) in [6, 6.07) is 7.82. The number of hydrogen-bond donors (Lipinski definition) is 1. The number of benzene rings is 1. The monoisotopic (exact) mass is 231 g/mol. The Morgan fingerprint density at radius 1 is 1.38 bits per heavy atom. The fourth-order valence-electron chi connectivity index (χ4n) is 1.64. The predicted molar refractivity (Wildman–Crippen MR) is 62.9 cm³/mol. The van der Waals surface area contributed by atoms with Crippen molar-refractivity contribution in [1.29, 1.82) is 0 Å². The van der Waals surface area contributed by atoms with E-state index in [2.05, 4.69) is 15.3 Å². The van der Waals surface area contributed by atoms with Crippen LogP contribution in [0.4, 0.5) is 0 Å². The summed E-state index contributed by atoms with van der Waals surface area (Å²) in [4.78, 5) is 19.8. The lowest BCUT2D eigenvalue weighted by Gasteiger charge is -2.07. The van der Waals surface area contributed by atoms with Crippen LogP contribution in [-0.4, -0.2) is 21.6 Å². The van der Waals surface area contributed by atoms with E-state index in [9.17, 15) is 4.79 Å². The van der Waals surface area contributed by atoms with Crippen molar-refractivity contribution in [3.63, 3.8) is 0 Å². The first kappa shape index (κ1) is 9.59. The molecule has 1 amide bonds. The smallest absolute Gasteiger partial charge is 0.231 e. The largest absolute Gasteiger partial charge is 0.337 e. The SMILES string of the molecule is O=C1CSC(c2ncc3ccccc3n2)N1. The van der Waals surface area contributed by atoms with Crippen LogP contribution in [0.25, 0.3) is 10.9 Å². The Morgan fingerprint density at radius 2 is 2.25 bits per heavy atom. The van der Waals surface area contributed by atoms with Crippen molar-refractivity contribution < 1.29 is 4.79 Å². The van der Waals surface area contributed by atoms with Gasteiger partial charge in [0.25, 0.3) is 0 Å². The average molecular weight is 231 g/mol. The lowest BCUT2D eigenvalue weighted by atomic mass is 10.2. The molecule has 0 bridgehead atoms. The lowest BCUT2D eigenvalue weighted by molar-refractivity contribution is -0.118. The van der Waals surface area contributed by atoms with E-state index < -0.39 is 0 Å². The molecule has 1 fully saturated rings. The van der Waals surface area contributed by atoms with Crippen LogP contribution >= 0.6 is 11.8 Å². The Bertz CT molecular complexity index is 558. The van der Waals surface area contributed by atoms with Crippen LogP contribution in [0.1, 0.15) is 11.2 Å². The van der Waals surface area contributed by atoms with Gasteiger partial charge in [-0.1, -0.05) is 18.2 Å². The molecule has 1 unspecified atom stereocenters. The molecule has 1 aliphatic heterocycles. The Morgan fingerprint density at radius 3 is 3.06 bits per heavy atom. The second-order valence-corrected chi connectivity index (χ2v) is 4.64. The molecule has 4 nitrogen and oxygen atoms in total. The maximum absolute atomic E-state index is 11.1. The summed E-state index contributed by atoms with van der Waals surface area (Å²) in [7, 11) is 0. The first-order chi connectivity index (χ1) is 7.83. The third-order valence-corrected chi connectivity index (χ3v) is 3.51. The van der Waals surface area contributed by atoms with Gasteiger partial charge < -0.3 is 5.32 Å². The Labute approximate surface area is 96.5 Å². The molecular weight excluding hydrogens is 222 g/mol. The summed E-state index contributed by atoms with van der Waals surface area (Å²) in [6.45, 7) is 0. The Hall–Kier alpha value is -1.62. The summed E-state index contributed by atoms with van der Waals surface area (Å²) in [5, 5.41) is 3.75. The van der Waals surface area contributed by atoms with Gasteiger partial charge in [0.15, 0.2) is 5.82 Å². The fraction of sp³-hybridized carbons (Fsp3) is 0.182. The zero-order valence-electron chi connectivity index (χ0n) is 8.38. The summed E-state index contributed by atoms with van der Waals surface area (Å²) in [5.41, 5.74) is 0.911. The highest BCUT2D eigenvalue weighted by molar-refractivity contribution is 8.00. The molecule has 2 heterocycles. The van der Waals surface area contributed by atoms with Gasteiger partial charge in [0.05, 0.1) is 11.3 Å². The third-order valence-electron chi connectivity index (χ3n) is 2.42. The summed E-state index contributed by atoms with van der Waals surface area (Å²) in [6.07, 6.45) is 1.79. The number of carbonyl (C=O) groups excluding carboxylic acids is 1. The van der Waals surface area contributed by atoms with E-state index in [0.717, 1.165) is 10.9 Å². The Kier molecular flexibility index (Phi) is 2.25. The zero-order chi connectivity index (χ0) is 11.0. The highest BCUT2D eigenvalue weighted by Gasteiger charge is 2.25. The van der Waals surface area contributed by atoms with Crippen molar-refractivity contribution in [3.8, 4) is 0 Å². The standard InChI is InChI=1S/C11H9N3OS/c15-9-6-16-11(14-9)10-12-5-7-3-1-2-4-8(7)13-10/h1-5,11H,6H2,(H,14,15). The predicted octanol–water partition coefficient (Wildman–Crippen LogP) is 1.49. The molecular formula is C11H9N3OS. The molecule has 1 aromatic carbocycles. The number of hydrogen-bond acceptors (Lipinski definition) is 4. The number of amides is 1. The quantitative estimate of drug-likeness (QED) is 0.808. The van der Waals surface area contributed by atoms with E-state index in [1.165, 1.54) is 11.8 Å². The second-order valence-electron chi connectivity index (χ2n) is 3.55. The molecule has 16 heavy (non-hydrogen) atoms. The Balaban J connectivity index is 2.02. The van der Waals surface area contributed by atoms with Gasteiger partial charge in [0.1, 0.15) is 5.37 Å². The van der Waals surface area contributed by atoms with E-state index >= 15 is 0 Å². The minimum atomic E-state index is -0.0999. The number of nitrogens with one attached hydrogen (secondary N) is 1. The molecule has 0 spiro atoms. The van der Waals surface area contributed by atoms with Crippen LogP contribution in [0.5, 0.6) is 0 Å². The molecule has 0 saturated carbocycles. The van der Waals surface area contributed by atoms with Crippen LogP contribution in [0.3, 0.4) is 0 Å². The maximum Gasteiger partial charge on any atom is 0.231 e. The van der Waals surface area contributed by atoms with E-state index in [1.807, 2.05) is 24.3 Å². The molecule has 1 atom stereocenters. The van der Waals surface area contributed by atoms with E-state index in [0.29, 0.717) is 11.6 Å². The van der Waals surface area contributed by atoms with Gasteiger partial charge in [-0.15, -0.1) is 11.8 Å². The highest BCUT2D eigenvalue weighted by Crippen LogP contribution is 2.28. The number of nitrogens with zero attached hydrogens (tertiary/aromatic N) is 2. The van der Waals surface area contributed by atoms with Crippen molar-refractivity contribution >= 4 is 28.6 Å². The summed E-state index contributed by atoms with van der Waals surface area (Å²) < 4.78 is 0. The molecule has 1 aliphatic rings. The third kappa shape index (κ3) is 1.63. The van der Waals surface area contributed by atoms with E-state index in [4.69, 9.17) is 0 Å². The number of carbonyl (C=O) groups is 1. The van der Waals surface area contributed by atoms with Crippen LogP contribution in [0.2, 0.25) is 0 Å². The minimum Gasteiger partial charge on any atom is -0.337 e. The van der Waals surface area contributed by atoms with Gasteiger partial charge in [-0.05, 0) is 6.07 Å². The van der Waals surface area contributed by atoms with E-state index in [1.54, 1.807) is 6.20 Å². The van der Waals surface area contributed by atoms with Crippen molar-refractivity contribution in [1.82, 2.24) is 15.3 Å². The van der Waals surface area contributed by atoms with Gasteiger partial charge in [0, 0.05) is 11.6 Å². The van der Waals surface area contributed by atoms with Crippen molar-refractivity contribution in [2.24, 2.45) is 0 Å². The van der Waals surface area contributed by atoms with Crippen molar-refractivity contribution in [2.45, 2.75) is 5.37 Å². The molecule has 1 saturated heterocycles. The molecule has 1 aromatic heterocycles. The van der Waals surface area contributed by atoms with Gasteiger partial charge in [-0.3, -0.25) is 4.79 Å². The van der Waals surface area contributed by atoms with Crippen LogP contribution in [0.15, 0.2) is 30.5 Å². The molecule has 1 N–H and O–H groups in total. The lowest BCUT2D eigenvalue weighted by Crippen LogP contribution is -2.20. The second kappa shape index (κ2) is 3.75. The fourth-order valence-corrected chi connectivity index (χ4v) is 2.52. The van der Waals surface area contributed by atoms with Crippen molar-refractivity contribution in [2.75, 3.05) is 5.75 Å². The molecule has 3 rings (SSSR count). The van der Waals surface area contributed by atoms with Gasteiger partial charge >= 0.3 is 0 Å². The zero-order valence-corrected chi connectivity index (χ0v) is 9.20. The highest BCUT2D eigenvalue weighted by atomic mass is 32.2. The van der Waals surface area contributed by atoms with Crippen LogP contribution in [0, 0.1) is 0 Å². The number of para-hydroxylation sites is 1. The summed E-state index contributed by atoms with van der Waals surface area (Å²) >= 11 is 1.53. The minimum absolute atomic E-state index is 0.0479. The summed E-state index contributed by atoms with van der Waals surface area (Å²) in [5.74, 6) is 1.21. The molecule has 2 aromatic rings. The van der Waals surface area contributed by atoms with Gasteiger partial charge in [-0.25, -0.2) is 9.97 Å². The average Bonchev–Trinajstić information content (AvgIpc) is 2.75. The maximum atomic E-state index is 11.1. The van der Waals surface area contributed by atoms with Crippen molar-refractivity contribution in [3.05, 3.63) is 36.3 Å². The normalized spacial score (nSPS) is 20.0. The van der Waals surface area contributed by atoms with Gasteiger partial charge in [0.2, 0.25) is 5.91 Å². The van der Waals surface area contributed by atoms with Crippen LogP contribution < -0.4 is 5.32 Å². The van der Waals surface area contributed by atoms with Crippen LogP contribution in [-0.2, 0) is 4.79 Å². The first-order valence-electron chi connectivity index (χ1n) is 4.95. The molecule has 80 valence electrons. The molecule has 0 radical (unpaired) electrons. The molecule has 5 heteroatoms. The first-order valence-corrected chi connectivity index (χ1v) is 6.00. The van der Waals surface area contributed by atoms with E-state index in [-0.39, 0.29) is 11.3 Å². The number of rotatable bonds is 1. The van der Waals surface area contributed by atoms with Gasteiger partial charge in [-0.2, -0.15) is 0 Å². The number of aromatic nitrogens is 2. The molecule has 0 aliphatic carbocycles. The number of thioether (sulfide) groups is 1.